The molecule has 4 nitrogen and oxygen atoms in total. The fraction of sp³-hybridized carbons (Fsp3) is 0.182. The van der Waals surface area contributed by atoms with Crippen molar-refractivity contribution in [3.05, 3.63) is 89.7 Å². The highest BCUT2D eigenvalue weighted by Gasteiger charge is 2.19. The van der Waals surface area contributed by atoms with Crippen molar-refractivity contribution in [2.24, 2.45) is 0 Å². The standard InChI is InChI=1S/C22H22N2O2/c1-16-7-3-4-8-20(16)21(24-13-5-6-14-24)15-22(26)23-19-11-9-18(10-12-19)17(2)25/h3-14,21H,15H2,1-2H3,(H,23,26)/t21-/m0/s1. The van der Waals surface area contributed by atoms with Gasteiger partial charge in [0, 0.05) is 23.6 Å². The number of nitrogens with zero attached hydrogens (tertiary/aromatic N) is 1. The minimum atomic E-state index is -0.0671. The van der Waals surface area contributed by atoms with Gasteiger partial charge in [-0.05, 0) is 61.4 Å². The highest BCUT2D eigenvalue weighted by molar-refractivity contribution is 5.95. The van der Waals surface area contributed by atoms with Gasteiger partial charge in [0.2, 0.25) is 5.91 Å². The van der Waals surface area contributed by atoms with Crippen molar-refractivity contribution >= 4 is 17.4 Å². The number of Topliss-reactive ketones (excluding diaryl/α,β-unsaturated/α-hetero) is 1. The van der Waals surface area contributed by atoms with Gasteiger partial charge in [0.1, 0.15) is 0 Å². The summed E-state index contributed by atoms with van der Waals surface area (Å²) in [6, 6.07) is 18.9. The maximum Gasteiger partial charge on any atom is 0.226 e. The van der Waals surface area contributed by atoms with E-state index in [4.69, 9.17) is 0 Å². The number of hydrogen-bond donors (Lipinski definition) is 1. The van der Waals surface area contributed by atoms with Gasteiger partial charge in [-0.25, -0.2) is 0 Å². The Hall–Kier alpha value is -3.14. The molecule has 0 fully saturated rings. The van der Waals surface area contributed by atoms with Gasteiger partial charge >= 0.3 is 0 Å². The van der Waals surface area contributed by atoms with Crippen molar-refractivity contribution in [1.82, 2.24) is 4.57 Å². The lowest BCUT2D eigenvalue weighted by Crippen LogP contribution is -2.20. The lowest BCUT2D eigenvalue weighted by molar-refractivity contribution is -0.116. The summed E-state index contributed by atoms with van der Waals surface area (Å²) >= 11 is 0. The molecule has 4 heteroatoms. The van der Waals surface area contributed by atoms with Crippen LogP contribution in [-0.4, -0.2) is 16.3 Å². The van der Waals surface area contributed by atoms with Crippen LogP contribution in [0.1, 0.15) is 40.9 Å². The van der Waals surface area contributed by atoms with Crippen LogP contribution in [0.15, 0.2) is 73.1 Å². The van der Waals surface area contributed by atoms with Crippen molar-refractivity contribution in [3.8, 4) is 0 Å². The summed E-state index contributed by atoms with van der Waals surface area (Å²) in [6.07, 6.45) is 4.28. The fourth-order valence-electron chi connectivity index (χ4n) is 3.07. The molecule has 0 aliphatic carbocycles. The quantitative estimate of drug-likeness (QED) is 0.662. The summed E-state index contributed by atoms with van der Waals surface area (Å²) in [5.74, 6) is -0.0578. The average molecular weight is 346 g/mol. The summed E-state index contributed by atoms with van der Waals surface area (Å²) in [4.78, 5) is 24.0. The first kappa shape index (κ1) is 17.7. The minimum Gasteiger partial charge on any atom is -0.346 e. The first-order valence-corrected chi connectivity index (χ1v) is 8.63. The van der Waals surface area contributed by atoms with E-state index >= 15 is 0 Å². The Bertz CT molecular complexity index is 896. The monoisotopic (exact) mass is 346 g/mol. The number of rotatable bonds is 6. The maximum absolute atomic E-state index is 12.6. The molecule has 3 aromatic rings. The number of anilines is 1. The Balaban J connectivity index is 1.78. The number of ketones is 1. The largest absolute Gasteiger partial charge is 0.346 e. The second kappa shape index (κ2) is 7.83. The molecular weight excluding hydrogens is 324 g/mol. The predicted octanol–water partition coefficient (Wildman–Crippen LogP) is 4.62. The molecule has 0 bridgehead atoms. The number of aryl methyl sites for hydroxylation is 1. The van der Waals surface area contributed by atoms with Gasteiger partial charge in [-0.15, -0.1) is 0 Å². The molecule has 1 N–H and O–H groups in total. The molecule has 132 valence electrons. The van der Waals surface area contributed by atoms with Crippen LogP contribution in [0, 0.1) is 6.92 Å². The Morgan fingerprint density at radius 3 is 2.23 bits per heavy atom. The fourth-order valence-corrected chi connectivity index (χ4v) is 3.07. The first-order valence-electron chi connectivity index (χ1n) is 8.63. The summed E-state index contributed by atoms with van der Waals surface area (Å²) in [7, 11) is 0. The van der Waals surface area contributed by atoms with Crippen LogP contribution in [0.2, 0.25) is 0 Å². The molecule has 0 unspecified atom stereocenters. The minimum absolute atomic E-state index is 0.00935. The highest BCUT2D eigenvalue weighted by Crippen LogP contribution is 2.26. The van der Waals surface area contributed by atoms with E-state index in [9.17, 15) is 9.59 Å². The van der Waals surface area contributed by atoms with Gasteiger partial charge in [-0.2, -0.15) is 0 Å². The Kier molecular flexibility index (Phi) is 5.32. The van der Waals surface area contributed by atoms with Gasteiger partial charge in [0.15, 0.2) is 5.78 Å². The van der Waals surface area contributed by atoms with E-state index in [0.29, 0.717) is 17.7 Å². The van der Waals surface area contributed by atoms with Crippen LogP contribution in [-0.2, 0) is 4.79 Å². The summed E-state index contributed by atoms with van der Waals surface area (Å²) in [5.41, 5.74) is 3.61. The van der Waals surface area contributed by atoms with E-state index in [1.807, 2.05) is 36.7 Å². The third kappa shape index (κ3) is 4.09. The molecule has 1 heterocycles. The van der Waals surface area contributed by atoms with Crippen LogP contribution in [0.3, 0.4) is 0 Å². The van der Waals surface area contributed by atoms with Crippen molar-refractivity contribution in [2.75, 3.05) is 5.32 Å². The van der Waals surface area contributed by atoms with Crippen LogP contribution in [0.4, 0.5) is 5.69 Å². The molecule has 1 atom stereocenters. The molecule has 2 aromatic carbocycles. The topological polar surface area (TPSA) is 51.1 Å². The molecule has 0 saturated heterocycles. The number of aromatic nitrogens is 1. The average Bonchev–Trinajstić information content (AvgIpc) is 3.15. The molecule has 0 radical (unpaired) electrons. The molecule has 0 saturated carbocycles. The van der Waals surface area contributed by atoms with Gasteiger partial charge in [-0.3, -0.25) is 9.59 Å². The van der Waals surface area contributed by atoms with Gasteiger partial charge < -0.3 is 9.88 Å². The SMILES string of the molecule is CC(=O)c1ccc(NC(=O)C[C@@H](c2ccccc2C)n2cccc2)cc1. The molecule has 1 aromatic heterocycles. The van der Waals surface area contributed by atoms with E-state index in [1.54, 1.807) is 24.3 Å². The van der Waals surface area contributed by atoms with Crippen LogP contribution in [0.25, 0.3) is 0 Å². The van der Waals surface area contributed by atoms with Crippen LogP contribution in [0.5, 0.6) is 0 Å². The normalized spacial score (nSPS) is 11.8. The predicted molar refractivity (Wildman–Crippen MR) is 103 cm³/mol. The Morgan fingerprint density at radius 1 is 0.962 bits per heavy atom. The lowest BCUT2D eigenvalue weighted by atomic mass is 9.98. The van der Waals surface area contributed by atoms with Crippen LogP contribution < -0.4 is 5.32 Å². The van der Waals surface area contributed by atoms with E-state index < -0.39 is 0 Å². The Labute approximate surface area is 153 Å². The molecular formula is C22H22N2O2. The highest BCUT2D eigenvalue weighted by atomic mass is 16.1. The number of amides is 1. The Morgan fingerprint density at radius 2 is 1.62 bits per heavy atom. The van der Waals surface area contributed by atoms with Crippen molar-refractivity contribution in [3.63, 3.8) is 0 Å². The molecule has 0 spiro atoms. The van der Waals surface area contributed by atoms with Gasteiger partial charge in [-0.1, -0.05) is 24.3 Å². The number of benzene rings is 2. The molecule has 0 aliphatic heterocycles. The second-order valence-electron chi connectivity index (χ2n) is 6.39. The maximum atomic E-state index is 12.6. The summed E-state index contributed by atoms with van der Waals surface area (Å²) < 4.78 is 2.06. The van der Waals surface area contributed by atoms with Gasteiger partial charge in [0.05, 0.1) is 12.5 Å². The zero-order valence-corrected chi connectivity index (χ0v) is 15.0. The van der Waals surface area contributed by atoms with E-state index in [0.717, 1.165) is 11.1 Å². The van der Waals surface area contributed by atoms with Crippen LogP contribution >= 0.6 is 0 Å². The molecule has 1 amide bonds. The van der Waals surface area contributed by atoms with Gasteiger partial charge in [0.25, 0.3) is 0 Å². The zero-order valence-electron chi connectivity index (χ0n) is 15.0. The van der Waals surface area contributed by atoms with E-state index in [2.05, 4.69) is 28.9 Å². The van der Waals surface area contributed by atoms with Crippen molar-refractivity contribution in [1.29, 1.82) is 0 Å². The first-order chi connectivity index (χ1) is 12.5. The summed E-state index contributed by atoms with van der Waals surface area (Å²) in [6.45, 7) is 3.59. The van der Waals surface area contributed by atoms with E-state index in [-0.39, 0.29) is 17.7 Å². The number of carbonyl (C=O) groups excluding carboxylic acids is 2. The second-order valence-corrected chi connectivity index (χ2v) is 6.39. The number of nitrogens with one attached hydrogen (secondary N) is 1. The van der Waals surface area contributed by atoms with Crippen molar-refractivity contribution in [2.45, 2.75) is 26.3 Å². The van der Waals surface area contributed by atoms with Crippen molar-refractivity contribution < 1.29 is 9.59 Å². The third-order valence-corrected chi connectivity index (χ3v) is 4.49. The zero-order chi connectivity index (χ0) is 18.5. The lowest BCUT2D eigenvalue weighted by Gasteiger charge is -2.21. The third-order valence-electron chi connectivity index (χ3n) is 4.49. The molecule has 0 aliphatic rings. The number of hydrogen-bond acceptors (Lipinski definition) is 2. The molecule has 3 rings (SSSR count). The smallest absolute Gasteiger partial charge is 0.226 e. The summed E-state index contributed by atoms with van der Waals surface area (Å²) in [5, 5.41) is 2.93. The van der Waals surface area contributed by atoms with E-state index in [1.165, 1.54) is 6.92 Å². The number of carbonyl (C=O) groups is 2. The molecule has 26 heavy (non-hydrogen) atoms.